The number of nitro groups is 1. The third-order valence-electron chi connectivity index (χ3n) is 0.455. The van der Waals surface area contributed by atoms with Crippen molar-refractivity contribution in [1.82, 2.24) is 0 Å². The van der Waals surface area contributed by atoms with Gasteiger partial charge in [0.2, 0.25) is 0 Å². The summed E-state index contributed by atoms with van der Waals surface area (Å²) in [5.74, 6) is 0. The van der Waals surface area contributed by atoms with E-state index < -0.39 is 14.2 Å². The van der Waals surface area contributed by atoms with Crippen molar-refractivity contribution in [3.05, 3.63) is 10.1 Å². The van der Waals surface area contributed by atoms with Crippen LogP contribution in [-0.4, -0.2) is 14.2 Å². The summed E-state index contributed by atoms with van der Waals surface area (Å²) in [5, 5.41) is 9.77. The molecule has 0 aliphatic heterocycles. The molecule has 0 aliphatic carbocycles. The van der Waals surface area contributed by atoms with Crippen LogP contribution < -0.4 is 0 Å². The first-order valence-corrected chi connectivity index (χ1v) is 3.27. The smallest absolute Gasteiger partial charge is 0.263 e. The van der Waals surface area contributed by atoms with Gasteiger partial charge in [0, 0.05) is 4.92 Å². The molecule has 0 aromatic carbocycles. The van der Waals surface area contributed by atoms with E-state index in [0.717, 1.165) is 0 Å². The minimum absolute atomic E-state index is 0.880. The van der Waals surface area contributed by atoms with Gasteiger partial charge in [0.25, 0.3) is 3.79 Å². The summed E-state index contributed by atoms with van der Waals surface area (Å²) in [6.45, 7) is 0. The Morgan fingerprint density at radius 1 is 1.44 bits per heavy atom. The number of rotatable bonds is 1. The molecule has 3 nitrogen and oxygen atoms in total. The monoisotopic (exact) mass is 211 g/mol. The zero-order valence-corrected chi connectivity index (χ0v) is 6.88. The Balaban J connectivity index is 4.04. The summed E-state index contributed by atoms with van der Waals surface area (Å²) in [4.78, 5) is 8.89. The Hall–Kier alpha value is 0.560. The van der Waals surface area contributed by atoms with Crippen molar-refractivity contribution < 1.29 is 4.92 Å². The highest BCUT2D eigenvalue weighted by Crippen LogP contribution is 2.33. The topological polar surface area (TPSA) is 43.1 Å². The summed E-state index contributed by atoms with van der Waals surface area (Å²) in [7, 11) is 0. The predicted molar refractivity (Wildman–Crippen MR) is 36.9 cm³/mol. The largest absolute Gasteiger partial charge is 0.332 e. The molecule has 0 aromatic heterocycles. The molecule has 0 aromatic rings. The molecule has 54 valence electrons. The van der Waals surface area contributed by atoms with E-state index in [9.17, 15) is 10.1 Å². The fraction of sp³-hybridized carbons (Fsp3) is 1.00. The van der Waals surface area contributed by atoms with E-state index in [0.29, 0.717) is 0 Å². The maximum Gasteiger partial charge on any atom is 0.332 e. The van der Waals surface area contributed by atoms with Crippen LogP contribution in [0.3, 0.4) is 0 Å². The Bertz CT molecular complexity index is 120. The van der Waals surface area contributed by atoms with Gasteiger partial charge in [-0.2, -0.15) is 0 Å². The summed E-state index contributed by atoms with van der Waals surface area (Å²) in [6.07, 6.45) is 0. The highest BCUT2D eigenvalue weighted by molar-refractivity contribution is 6.69. The molecule has 9 heavy (non-hydrogen) atoms. The second-order valence-corrected chi connectivity index (χ2v) is 3.95. The molecule has 1 unspecified atom stereocenters. The van der Waals surface area contributed by atoms with Crippen molar-refractivity contribution in [2.45, 2.75) is 9.29 Å². The summed E-state index contributed by atoms with van der Waals surface area (Å²) in [6, 6.07) is 0. The van der Waals surface area contributed by atoms with Crippen LogP contribution in [0.1, 0.15) is 0 Å². The molecule has 7 heteroatoms. The Labute approximate surface area is 71.0 Å². The van der Waals surface area contributed by atoms with Crippen molar-refractivity contribution in [1.29, 1.82) is 0 Å². The molecule has 1 atom stereocenters. The van der Waals surface area contributed by atoms with Crippen LogP contribution >= 0.6 is 46.4 Å². The van der Waals surface area contributed by atoms with Gasteiger partial charge in [0.1, 0.15) is 0 Å². The average Bonchev–Trinajstić information content (AvgIpc) is 1.62. The van der Waals surface area contributed by atoms with E-state index in [4.69, 9.17) is 46.4 Å². The van der Waals surface area contributed by atoms with Crippen molar-refractivity contribution in [2.24, 2.45) is 0 Å². The van der Waals surface area contributed by atoms with Gasteiger partial charge in [-0.1, -0.05) is 34.8 Å². The molecule has 0 aliphatic rings. The molecule has 0 bridgehead atoms. The molecule has 0 saturated heterocycles. The first kappa shape index (κ1) is 9.56. The van der Waals surface area contributed by atoms with E-state index in [1.807, 2.05) is 0 Å². The SMILES string of the molecule is O=[N+]([O-])C(Cl)C(Cl)(Cl)Cl. The maximum atomic E-state index is 9.77. The summed E-state index contributed by atoms with van der Waals surface area (Å²) >= 11 is 20.1. The molecule has 0 spiro atoms. The van der Waals surface area contributed by atoms with E-state index in [1.165, 1.54) is 0 Å². The van der Waals surface area contributed by atoms with E-state index in [2.05, 4.69) is 0 Å². The van der Waals surface area contributed by atoms with Crippen LogP contribution in [0.5, 0.6) is 0 Å². The molecule has 0 N–H and O–H groups in total. The lowest BCUT2D eigenvalue weighted by Crippen LogP contribution is -2.27. The lowest BCUT2D eigenvalue weighted by molar-refractivity contribution is -0.497. The quantitative estimate of drug-likeness (QED) is 0.290. The molecule has 0 heterocycles. The maximum absolute atomic E-state index is 9.77. The molecular weight excluding hydrogens is 212 g/mol. The lowest BCUT2D eigenvalue weighted by Gasteiger charge is -2.08. The third-order valence-corrected chi connectivity index (χ3v) is 1.90. The number of alkyl halides is 4. The van der Waals surface area contributed by atoms with Crippen molar-refractivity contribution in [3.8, 4) is 0 Å². The van der Waals surface area contributed by atoms with Crippen molar-refractivity contribution in [3.63, 3.8) is 0 Å². The first-order chi connectivity index (χ1) is 3.85. The van der Waals surface area contributed by atoms with Gasteiger partial charge in [-0.05, 0) is 11.6 Å². The Morgan fingerprint density at radius 3 is 1.78 bits per heavy atom. The molecule has 0 rings (SSSR count). The average molecular weight is 213 g/mol. The molecular formula is C2HCl4NO2. The molecule has 0 saturated carbocycles. The predicted octanol–water partition coefficient (Wildman–Crippen LogP) is 2.20. The molecule has 0 fully saturated rings. The fourth-order valence-electron chi connectivity index (χ4n) is 0.120. The minimum Gasteiger partial charge on any atom is -0.263 e. The Morgan fingerprint density at radius 2 is 1.78 bits per heavy atom. The van der Waals surface area contributed by atoms with Crippen molar-refractivity contribution in [2.75, 3.05) is 0 Å². The summed E-state index contributed by atoms with van der Waals surface area (Å²) in [5.41, 5.74) is -1.69. The van der Waals surface area contributed by atoms with E-state index in [-0.39, 0.29) is 0 Å². The summed E-state index contributed by atoms with van der Waals surface area (Å²) < 4.78 is -2.04. The Kier molecular flexibility index (Phi) is 3.29. The second kappa shape index (κ2) is 3.10. The van der Waals surface area contributed by atoms with Crippen LogP contribution in [0, 0.1) is 10.1 Å². The van der Waals surface area contributed by atoms with Gasteiger partial charge < -0.3 is 0 Å². The van der Waals surface area contributed by atoms with Gasteiger partial charge >= 0.3 is 5.50 Å². The molecule has 0 radical (unpaired) electrons. The second-order valence-electron chi connectivity index (χ2n) is 1.16. The highest BCUT2D eigenvalue weighted by atomic mass is 35.6. The number of nitrogens with zero attached hydrogens (tertiary/aromatic N) is 1. The zero-order chi connectivity index (χ0) is 7.65. The number of hydrogen-bond donors (Lipinski definition) is 0. The van der Waals surface area contributed by atoms with Gasteiger partial charge in [-0.25, -0.2) is 0 Å². The fourth-order valence-corrected chi connectivity index (χ4v) is 0.359. The third kappa shape index (κ3) is 3.30. The first-order valence-electron chi connectivity index (χ1n) is 1.70. The number of hydrogen-bond acceptors (Lipinski definition) is 2. The number of halogens is 4. The van der Waals surface area contributed by atoms with Crippen LogP contribution in [0.25, 0.3) is 0 Å². The van der Waals surface area contributed by atoms with E-state index >= 15 is 0 Å². The van der Waals surface area contributed by atoms with Crippen LogP contribution in [-0.2, 0) is 0 Å². The highest BCUT2D eigenvalue weighted by Gasteiger charge is 2.40. The zero-order valence-electron chi connectivity index (χ0n) is 3.85. The van der Waals surface area contributed by atoms with Gasteiger partial charge in [-0.15, -0.1) is 0 Å². The van der Waals surface area contributed by atoms with Gasteiger partial charge in [-0.3, -0.25) is 10.1 Å². The molecule has 0 amide bonds. The normalized spacial score (nSPS) is 15.1. The van der Waals surface area contributed by atoms with Crippen LogP contribution in [0.2, 0.25) is 0 Å². The van der Waals surface area contributed by atoms with Gasteiger partial charge in [0.05, 0.1) is 0 Å². The minimum atomic E-state index is -2.04. The standard InChI is InChI=1S/C2HCl4NO2/c3-1(7(8)9)2(4,5)6/h1H. The van der Waals surface area contributed by atoms with Crippen LogP contribution in [0.4, 0.5) is 0 Å². The van der Waals surface area contributed by atoms with E-state index in [1.54, 1.807) is 0 Å². The van der Waals surface area contributed by atoms with Crippen molar-refractivity contribution >= 4 is 46.4 Å². The van der Waals surface area contributed by atoms with Gasteiger partial charge in [0.15, 0.2) is 0 Å². The lowest BCUT2D eigenvalue weighted by atomic mass is 10.8. The van der Waals surface area contributed by atoms with Crippen LogP contribution in [0.15, 0.2) is 0 Å².